The van der Waals surface area contributed by atoms with E-state index in [4.69, 9.17) is 0 Å². The highest BCUT2D eigenvalue weighted by atomic mass is 16.2. The Morgan fingerprint density at radius 3 is 2.80 bits per heavy atom. The van der Waals surface area contributed by atoms with Gasteiger partial charge >= 0.3 is 5.69 Å². The average molecular weight is 407 g/mol. The number of aromatic nitrogens is 3. The Hall–Kier alpha value is -3.75. The molecule has 0 spiro atoms. The Kier molecular flexibility index (Phi) is 5.18. The topological polar surface area (TPSA) is 117 Å². The van der Waals surface area contributed by atoms with E-state index in [1.54, 1.807) is 23.1 Å². The maximum atomic E-state index is 12.7. The molecule has 2 aromatic heterocycles. The molecule has 1 aromatic carbocycles. The smallest absolute Gasteiger partial charge is 0.322 e. The number of rotatable bonds is 5. The average Bonchev–Trinajstić information content (AvgIpc) is 3.17. The first-order valence-electron chi connectivity index (χ1n) is 9.82. The fourth-order valence-electron chi connectivity index (χ4n) is 3.60. The summed E-state index contributed by atoms with van der Waals surface area (Å²) in [7, 11) is 0. The molecule has 30 heavy (non-hydrogen) atoms. The van der Waals surface area contributed by atoms with Gasteiger partial charge in [-0.3, -0.25) is 23.9 Å². The first kappa shape index (κ1) is 19.6. The van der Waals surface area contributed by atoms with Crippen molar-refractivity contribution < 1.29 is 9.59 Å². The Morgan fingerprint density at radius 1 is 1.23 bits per heavy atom. The van der Waals surface area contributed by atoms with Gasteiger partial charge in [-0.1, -0.05) is 13.0 Å². The van der Waals surface area contributed by atoms with Crippen LogP contribution in [0.25, 0.3) is 11.0 Å². The molecule has 1 aliphatic rings. The molecular formula is C21H21N5O4. The number of nitrogens with zero attached hydrogens (tertiary/aromatic N) is 3. The highest BCUT2D eigenvalue weighted by molar-refractivity contribution is 6.06. The van der Waals surface area contributed by atoms with Gasteiger partial charge in [-0.15, -0.1) is 0 Å². The number of nitrogens with one attached hydrogen (secondary N) is 2. The molecule has 3 aromatic rings. The van der Waals surface area contributed by atoms with E-state index in [2.05, 4.69) is 15.3 Å². The van der Waals surface area contributed by atoms with Crippen LogP contribution in [0.5, 0.6) is 0 Å². The third-order valence-electron chi connectivity index (χ3n) is 5.03. The van der Waals surface area contributed by atoms with Crippen molar-refractivity contribution in [3.63, 3.8) is 0 Å². The maximum absolute atomic E-state index is 12.7. The number of benzene rings is 1. The molecule has 9 heteroatoms. The van der Waals surface area contributed by atoms with Crippen molar-refractivity contribution in [1.29, 1.82) is 0 Å². The summed E-state index contributed by atoms with van der Waals surface area (Å²) >= 11 is 0. The van der Waals surface area contributed by atoms with Gasteiger partial charge in [0.2, 0.25) is 5.91 Å². The Balaban J connectivity index is 1.63. The number of aryl methyl sites for hydroxylation is 1. The third-order valence-corrected chi connectivity index (χ3v) is 5.03. The molecule has 4 rings (SSSR count). The lowest BCUT2D eigenvalue weighted by atomic mass is 10.2. The third kappa shape index (κ3) is 3.61. The van der Waals surface area contributed by atoms with Gasteiger partial charge in [0, 0.05) is 37.1 Å². The number of amides is 2. The van der Waals surface area contributed by atoms with Gasteiger partial charge < -0.3 is 10.2 Å². The van der Waals surface area contributed by atoms with E-state index >= 15 is 0 Å². The van der Waals surface area contributed by atoms with E-state index in [0.29, 0.717) is 31.6 Å². The minimum Gasteiger partial charge on any atom is -0.322 e. The van der Waals surface area contributed by atoms with Gasteiger partial charge in [-0.2, -0.15) is 0 Å². The van der Waals surface area contributed by atoms with Crippen LogP contribution in [0.3, 0.4) is 0 Å². The summed E-state index contributed by atoms with van der Waals surface area (Å²) in [6, 6.07) is 8.48. The lowest BCUT2D eigenvalue weighted by Crippen LogP contribution is -2.31. The molecule has 3 heterocycles. The number of carbonyl (C=O) groups is 2. The lowest BCUT2D eigenvalue weighted by Gasteiger charge is -2.16. The zero-order valence-electron chi connectivity index (χ0n) is 16.5. The van der Waals surface area contributed by atoms with E-state index in [9.17, 15) is 19.2 Å². The lowest BCUT2D eigenvalue weighted by molar-refractivity contribution is -0.117. The maximum Gasteiger partial charge on any atom is 0.329 e. The zero-order chi connectivity index (χ0) is 21.3. The summed E-state index contributed by atoms with van der Waals surface area (Å²) in [5.41, 5.74) is 0.592. The number of fused-ring (bicyclic) bond motifs is 1. The van der Waals surface area contributed by atoms with Gasteiger partial charge in [0.15, 0.2) is 0 Å². The van der Waals surface area contributed by atoms with Gasteiger partial charge in [-0.25, -0.2) is 9.78 Å². The van der Waals surface area contributed by atoms with Crippen LogP contribution in [0, 0.1) is 0 Å². The molecule has 2 N–H and O–H groups in total. The summed E-state index contributed by atoms with van der Waals surface area (Å²) in [5.74, 6) is -0.378. The summed E-state index contributed by atoms with van der Waals surface area (Å²) in [4.78, 5) is 57.1. The highest BCUT2D eigenvalue weighted by Gasteiger charge is 2.22. The fourth-order valence-corrected chi connectivity index (χ4v) is 3.60. The van der Waals surface area contributed by atoms with Crippen LogP contribution >= 0.6 is 0 Å². The Labute approximate surface area is 171 Å². The quantitative estimate of drug-likeness (QED) is 0.670. The first-order valence-corrected chi connectivity index (χ1v) is 9.82. The van der Waals surface area contributed by atoms with Crippen LogP contribution < -0.4 is 21.5 Å². The number of aromatic amines is 1. The van der Waals surface area contributed by atoms with E-state index in [-0.39, 0.29) is 22.5 Å². The van der Waals surface area contributed by atoms with E-state index in [1.807, 2.05) is 13.0 Å². The van der Waals surface area contributed by atoms with Crippen molar-refractivity contribution in [3.05, 3.63) is 62.9 Å². The SMILES string of the molecule is CCCn1c(=O)[nH]c(=O)c2cc(C(=O)Nc3cccc(N4CCCC4=O)c3)cnc21. The minimum absolute atomic E-state index is 0.0644. The summed E-state index contributed by atoms with van der Waals surface area (Å²) in [6.45, 7) is 2.98. The van der Waals surface area contributed by atoms with Crippen molar-refractivity contribution in [2.45, 2.75) is 32.7 Å². The molecular weight excluding hydrogens is 386 g/mol. The Bertz CT molecular complexity index is 1260. The second-order valence-electron chi connectivity index (χ2n) is 7.16. The Morgan fingerprint density at radius 2 is 2.07 bits per heavy atom. The molecule has 0 atom stereocenters. The largest absolute Gasteiger partial charge is 0.329 e. The summed E-state index contributed by atoms with van der Waals surface area (Å²) in [5, 5.41) is 2.95. The summed E-state index contributed by atoms with van der Waals surface area (Å²) in [6.07, 6.45) is 3.38. The second-order valence-corrected chi connectivity index (χ2v) is 7.16. The van der Waals surface area contributed by atoms with Crippen LogP contribution in [0.4, 0.5) is 11.4 Å². The zero-order valence-corrected chi connectivity index (χ0v) is 16.5. The molecule has 0 bridgehead atoms. The molecule has 1 aliphatic heterocycles. The highest BCUT2D eigenvalue weighted by Crippen LogP contribution is 2.24. The standard InChI is InChI=1S/C21H21N5O4/c1-2-8-26-18-16(20(29)24-21(26)30)10-13(12-22-18)19(28)23-14-5-3-6-15(11-14)25-9-4-7-17(25)27/h3,5-6,10-12H,2,4,7-9H2,1H3,(H,23,28)(H,24,29,30). The molecule has 9 nitrogen and oxygen atoms in total. The number of hydrogen-bond donors (Lipinski definition) is 2. The number of hydrogen-bond acceptors (Lipinski definition) is 5. The van der Waals surface area contributed by atoms with Gasteiger partial charge in [-0.05, 0) is 37.1 Å². The van der Waals surface area contributed by atoms with Crippen LogP contribution in [0.1, 0.15) is 36.5 Å². The number of anilines is 2. The predicted octanol–water partition coefficient (Wildman–Crippen LogP) is 1.87. The predicted molar refractivity (Wildman–Crippen MR) is 113 cm³/mol. The first-order chi connectivity index (χ1) is 14.5. The molecule has 0 unspecified atom stereocenters. The van der Waals surface area contributed by atoms with Gasteiger partial charge in [0.05, 0.1) is 10.9 Å². The van der Waals surface area contributed by atoms with Gasteiger partial charge in [0.25, 0.3) is 11.5 Å². The number of pyridine rings is 1. The second kappa shape index (κ2) is 7.94. The van der Waals surface area contributed by atoms with Crippen LogP contribution in [0.2, 0.25) is 0 Å². The van der Waals surface area contributed by atoms with Gasteiger partial charge in [0.1, 0.15) is 5.65 Å². The normalized spacial score (nSPS) is 13.8. The molecule has 0 aliphatic carbocycles. The van der Waals surface area contributed by atoms with Crippen LogP contribution in [-0.2, 0) is 11.3 Å². The van der Waals surface area contributed by atoms with E-state index in [0.717, 1.165) is 12.1 Å². The van der Waals surface area contributed by atoms with Crippen molar-refractivity contribution in [1.82, 2.24) is 14.5 Å². The van der Waals surface area contributed by atoms with E-state index < -0.39 is 17.2 Å². The molecule has 0 saturated carbocycles. The van der Waals surface area contributed by atoms with Crippen molar-refractivity contribution >= 4 is 34.2 Å². The van der Waals surface area contributed by atoms with E-state index in [1.165, 1.54) is 16.8 Å². The minimum atomic E-state index is -0.584. The number of H-pyrrole nitrogens is 1. The molecule has 1 fully saturated rings. The molecule has 0 radical (unpaired) electrons. The van der Waals surface area contributed by atoms with Crippen molar-refractivity contribution in [3.8, 4) is 0 Å². The fraction of sp³-hybridized carbons (Fsp3) is 0.286. The van der Waals surface area contributed by atoms with Crippen LogP contribution in [0.15, 0.2) is 46.1 Å². The van der Waals surface area contributed by atoms with Crippen molar-refractivity contribution in [2.24, 2.45) is 0 Å². The molecule has 2 amide bonds. The monoisotopic (exact) mass is 407 g/mol. The van der Waals surface area contributed by atoms with Crippen molar-refractivity contribution in [2.75, 3.05) is 16.8 Å². The molecule has 1 saturated heterocycles. The van der Waals surface area contributed by atoms with Crippen LogP contribution in [-0.4, -0.2) is 32.9 Å². The summed E-state index contributed by atoms with van der Waals surface area (Å²) < 4.78 is 1.38. The number of carbonyl (C=O) groups excluding carboxylic acids is 2. The molecule has 154 valence electrons.